The number of rotatable bonds is 20. The maximum atomic E-state index is 13.4. The molecule has 0 aromatic heterocycles. The Morgan fingerprint density at radius 1 is 1.20 bits per heavy atom. The molecule has 0 fully saturated rings. The van der Waals surface area contributed by atoms with Gasteiger partial charge >= 0.3 is 19.6 Å². The number of thioether (sulfide) groups is 1. The predicted molar refractivity (Wildman–Crippen MR) is 175 cm³/mol. The average Bonchev–Trinajstić information content (AvgIpc) is 3.00. The number of carboxylic acids is 2. The van der Waals surface area contributed by atoms with Gasteiger partial charge in [0.05, 0.1) is 12.2 Å². The quantitative estimate of drug-likeness (QED) is 0.0455. The van der Waals surface area contributed by atoms with Gasteiger partial charge in [0.25, 0.3) is 5.91 Å². The number of carbonyl (C=O) groups is 5. The van der Waals surface area contributed by atoms with Crippen molar-refractivity contribution in [3.05, 3.63) is 47.2 Å². The molecule has 15 nitrogen and oxygen atoms in total. The van der Waals surface area contributed by atoms with Crippen LogP contribution in [-0.4, -0.2) is 82.4 Å². The fraction of sp³-hybridized carbons (Fsp3) is 0.483. The van der Waals surface area contributed by atoms with Crippen LogP contribution in [0.25, 0.3) is 0 Å². The number of nitrogens with one attached hydrogen (secondary N) is 4. The second kappa shape index (κ2) is 19.5. The van der Waals surface area contributed by atoms with Gasteiger partial charge in [0.1, 0.15) is 18.6 Å². The molecule has 2 unspecified atom stereocenters. The molecule has 0 spiro atoms. The minimum atomic E-state index is -3.84. The SMILES string of the molecule is CCCC1=C=CCC(NC(=O)c2ccc(NP(=O)(/N=C\SC[C@H](NC(=O)CC[C@H](N)C(=O)O)C(=O)NCC(=O)O)OCC)cc2)C1. The third kappa shape index (κ3) is 14.0. The van der Waals surface area contributed by atoms with E-state index in [0.29, 0.717) is 17.7 Å². The van der Waals surface area contributed by atoms with Crippen LogP contribution in [0, 0.1) is 0 Å². The number of aliphatic carboxylic acids is 2. The van der Waals surface area contributed by atoms with Gasteiger partial charge in [-0.05, 0) is 68.5 Å². The Hall–Kier alpha value is -3.94. The monoisotopic (exact) mass is 680 g/mol. The smallest absolute Gasteiger partial charge is 0.413 e. The number of benzene rings is 1. The van der Waals surface area contributed by atoms with Gasteiger partial charge in [-0.3, -0.25) is 33.6 Å². The molecule has 3 amide bonds. The van der Waals surface area contributed by atoms with Crippen LogP contribution >= 0.6 is 19.4 Å². The summed E-state index contributed by atoms with van der Waals surface area (Å²) in [4.78, 5) is 59.4. The fourth-order valence-corrected chi connectivity index (χ4v) is 6.44. The molecule has 1 aromatic rings. The Kier molecular flexibility index (Phi) is 16.3. The third-order valence-corrected chi connectivity index (χ3v) is 8.92. The van der Waals surface area contributed by atoms with Crippen LogP contribution in [0.4, 0.5) is 5.69 Å². The summed E-state index contributed by atoms with van der Waals surface area (Å²) in [5, 5.41) is 28.1. The molecule has 0 bridgehead atoms. The van der Waals surface area contributed by atoms with Crippen LogP contribution < -0.4 is 26.8 Å². The topological polar surface area (TPSA) is 239 Å². The highest BCUT2D eigenvalue weighted by molar-refractivity contribution is 8.12. The molecule has 0 saturated carbocycles. The highest BCUT2D eigenvalue weighted by atomic mass is 32.2. The van der Waals surface area contributed by atoms with Crippen LogP contribution in [0.3, 0.4) is 0 Å². The van der Waals surface area contributed by atoms with Crippen molar-refractivity contribution in [2.75, 3.05) is 24.0 Å². The summed E-state index contributed by atoms with van der Waals surface area (Å²) in [6.45, 7) is 3.08. The summed E-state index contributed by atoms with van der Waals surface area (Å²) in [6.07, 6.45) is 4.89. The minimum Gasteiger partial charge on any atom is -0.480 e. The van der Waals surface area contributed by atoms with Gasteiger partial charge in [-0.25, -0.2) is 4.57 Å². The summed E-state index contributed by atoms with van der Waals surface area (Å²) in [5.74, 6) is -4.41. The Morgan fingerprint density at radius 2 is 1.91 bits per heavy atom. The molecule has 4 atom stereocenters. The zero-order chi connectivity index (χ0) is 34.1. The van der Waals surface area contributed by atoms with Crippen LogP contribution in [0.5, 0.6) is 0 Å². The van der Waals surface area contributed by atoms with E-state index in [1.54, 1.807) is 31.2 Å². The molecule has 46 heavy (non-hydrogen) atoms. The lowest BCUT2D eigenvalue weighted by atomic mass is 9.96. The molecule has 0 heterocycles. The van der Waals surface area contributed by atoms with Crippen LogP contribution in [0.2, 0.25) is 0 Å². The molecule has 0 radical (unpaired) electrons. The van der Waals surface area contributed by atoms with E-state index < -0.39 is 50.1 Å². The van der Waals surface area contributed by atoms with Crippen molar-refractivity contribution in [3.8, 4) is 0 Å². The molecule has 2 rings (SSSR count). The summed E-state index contributed by atoms with van der Waals surface area (Å²) < 4.78 is 22.8. The van der Waals surface area contributed by atoms with Crippen LogP contribution in [0.15, 0.2) is 46.4 Å². The first-order valence-electron chi connectivity index (χ1n) is 14.6. The molecule has 0 saturated heterocycles. The van der Waals surface area contributed by atoms with Gasteiger partial charge in [-0.1, -0.05) is 13.3 Å². The van der Waals surface area contributed by atoms with Crippen molar-refractivity contribution < 1.29 is 43.3 Å². The first-order chi connectivity index (χ1) is 21.9. The van der Waals surface area contributed by atoms with E-state index in [1.165, 1.54) is 11.1 Å². The van der Waals surface area contributed by atoms with Crippen molar-refractivity contribution >= 4 is 60.3 Å². The lowest BCUT2D eigenvalue weighted by Crippen LogP contribution is -2.49. The van der Waals surface area contributed by atoms with Crippen molar-refractivity contribution in [1.82, 2.24) is 16.0 Å². The molecule has 1 aliphatic rings. The van der Waals surface area contributed by atoms with Gasteiger partial charge in [-0.2, -0.15) is 4.76 Å². The maximum absolute atomic E-state index is 13.4. The number of carbonyl (C=O) groups excluding carboxylic acids is 3. The Bertz CT molecular complexity index is 1380. The minimum absolute atomic E-state index is 0.00972. The number of carboxylic acid groups (broad SMARTS) is 2. The Morgan fingerprint density at radius 3 is 2.54 bits per heavy atom. The number of nitrogens with two attached hydrogens (primary N) is 1. The average molecular weight is 681 g/mol. The molecule has 1 aromatic carbocycles. The zero-order valence-corrected chi connectivity index (χ0v) is 27.4. The standard InChI is InChI=1S/C29H41N6O9PS/c1-3-6-19-7-5-8-22(15-19)33-27(39)20-9-11-21(12-10-20)35-45(43,44-4-2)32-18-46-17-24(28(40)31-16-26(37)38)34-25(36)14-13-23(30)29(41)42/h5,9-12,18,22-24H,3-4,6,8,13-17,30H2,1-2H3,(H,31,40)(H,33,39)(H,34,36)(H,35,43)(H,37,38)(H,41,42)/b32-18-/t22?,23-,24-,45?/m0/s1. The van der Waals surface area contributed by atoms with Crippen LogP contribution in [0.1, 0.15) is 62.7 Å². The largest absolute Gasteiger partial charge is 0.480 e. The number of hydrogen-bond acceptors (Lipinski definition) is 9. The van der Waals surface area contributed by atoms with Gasteiger partial charge in [0.15, 0.2) is 0 Å². The second-order valence-corrected chi connectivity index (χ2v) is 12.8. The first-order valence-corrected chi connectivity index (χ1v) is 17.3. The van der Waals surface area contributed by atoms with E-state index in [0.717, 1.165) is 31.0 Å². The molecule has 252 valence electrons. The Labute approximate surface area is 271 Å². The summed E-state index contributed by atoms with van der Waals surface area (Å²) >= 11 is 0.897. The number of nitrogens with zero attached hydrogens (tertiary/aromatic N) is 1. The molecular formula is C29H41N6O9PS. The molecule has 1 aliphatic carbocycles. The second-order valence-electron chi connectivity index (χ2n) is 10.2. The summed E-state index contributed by atoms with van der Waals surface area (Å²) in [5.41, 5.74) is 11.8. The lowest BCUT2D eigenvalue weighted by molar-refractivity contribution is -0.139. The maximum Gasteiger partial charge on any atom is 0.413 e. The number of amides is 3. The first kappa shape index (κ1) is 38.2. The lowest BCUT2D eigenvalue weighted by Gasteiger charge is -2.20. The van der Waals surface area contributed by atoms with E-state index >= 15 is 0 Å². The van der Waals surface area contributed by atoms with Crippen molar-refractivity contribution in [1.29, 1.82) is 0 Å². The third-order valence-electron chi connectivity index (χ3n) is 6.41. The number of anilines is 1. The van der Waals surface area contributed by atoms with Crippen LogP contribution in [-0.2, 0) is 28.3 Å². The highest BCUT2D eigenvalue weighted by Crippen LogP contribution is 2.48. The molecule has 8 N–H and O–H groups in total. The van der Waals surface area contributed by atoms with Crippen molar-refractivity contribution in [2.24, 2.45) is 10.5 Å². The molecule has 0 aliphatic heterocycles. The molecular weight excluding hydrogens is 639 g/mol. The van der Waals surface area contributed by atoms with Gasteiger partial charge in [0.2, 0.25) is 11.8 Å². The van der Waals surface area contributed by atoms with E-state index in [-0.39, 0.29) is 37.2 Å². The Balaban J connectivity index is 2.00. The van der Waals surface area contributed by atoms with Gasteiger partial charge in [0, 0.05) is 29.5 Å². The summed E-state index contributed by atoms with van der Waals surface area (Å²) in [6, 6.07) is 3.81. The number of hydrogen-bond donors (Lipinski definition) is 7. The predicted octanol–water partition coefficient (Wildman–Crippen LogP) is 2.66. The normalized spacial score (nSPS) is 16.8. The van der Waals surface area contributed by atoms with Crippen molar-refractivity contribution in [2.45, 2.75) is 70.5 Å². The van der Waals surface area contributed by atoms with Gasteiger partial charge < -0.3 is 31.9 Å². The van der Waals surface area contributed by atoms with E-state index in [4.69, 9.17) is 20.5 Å². The van der Waals surface area contributed by atoms with E-state index in [2.05, 4.69) is 38.5 Å². The van der Waals surface area contributed by atoms with Crippen molar-refractivity contribution in [3.63, 3.8) is 0 Å². The fourth-order valence-electron chi connectivity index (χ4n) is 4.15. The zero-order valence-electron chi connectivity index (χ0n) is 25.7. The van der Waals surface area contributed by atoms with Gasteiger partial charge in [-0.15, -0.1) is 17.5 Å². The summed E-state index contributed by atoms with van der Waals surface area (Å²) in [7, 11) is -3.84. The molecule has 17 heteroatoms. The van der Waals surface area contributed by atoms with E-state index in [9.17, 15) is 28.5 Å². The van der Waals surface area contributed by atoms with E-state index in [1.807, 2.05) is 6.08 Å². The highest BCUT2D eigenvalue weighted by Gasteiger charge is 2.24.